The van der Waals surface area contributed by atoms with Crippen LogP contribution in [0.2, 0.25) is 0 Å². The molecule has 0 bridgehead atoms. The molecule has 0 aliphatic carbocycles. The molecule has 0 fully saturated rings. The highest BCUT2D eigenvalue weighted by Crippen LogP contribution is 2.19. The number of aldehydes is 1. The minimum absolute atomic E-state index is 0.0263. The number of nitrogen functional groups attached to an aromatic ring is 1. The van der Waals surface area contributed by atoms with Crippen molar-refractivity contribution in [2.24, 2.45) is 11.7 Å². The van der Waals surface area contributed by atoms with E-state index < -0.39 is 0 Å². The fourth-order valence-corrected chi connectivity index (χ4v) is 2.01. The number of fused-ring (bicyclic) bond motifs is 1. The highest BCUT2D eigenvalue weighted by Gasteiger charge is 2.04. The lowest BCUT2D eigenvalue weighted by Gasteiger charge is -2.07. The van der Waals surface area contributed by atoms with E-state index in [0.717, 1.165) is 34.6 Å². The second-order valence-electron chi connectivity index (χ2n) is 4.63. The van der Waals surface area contributed by atoms with Crippen molar-refractivity contribution in [2.45, 2.75) is 13.3 Å². The molecule has 0 radical (unpaired) electrons. The SMILES string of the molecule is CC(C=O)Cc1ccc2ccc(C(=N)N)cc2c1. The molecule has 0 spiro atoms. The van der Waals surface area contributed by atoms with Crippen LogP contribution in [0.25, 0.3) is 10.8 Å². The maximum absolute atomic E-state index is 10.7. The van der Waals surface area contributed by atoms with Crippen molar-refractivity contribution in [3.8, 4) is 0 Å². The third-order valence-electron chi connectivity index (χ3n) is 3.01. The van der Waals surface area contributed by atoms with Gasteiger partial charge in [0, 0.05) is 11.5 Å². The number of rotatable bonds is 4. The standard InChI is InChI=1S/C15H16N2O/c1-10(9-18)6-11-2-3-12-4-5-13(15(16)17)8-14(12)7-11/h2-5,7-10H,6H2,1H3,(H3,16,17). The predicted molar refractivity (Wildman–Crippen MR) is 73.9 cm³/mol. The molecule has 3 heteroatoms. The second kappa shape index (κ2) is 5.00. The van der Waals surface area contributed by atoms with Gasteiger partial charge in [-0.25, -0.2) is 0 Å². The van der Waals surface area contributed by atoms with Crippen molar-refractivity contribution in [3.63, 3.8) is 0 Å². The molecule has 0 aromatic heterocycles. The van der Waals surface area contributed by atoms with Crippen LogP contribution in [0.15, 0.2) is 36.4 Å². The van der Waals surface area contributed by atoms with Crippen molar-refractivity contribution in [1.29, 1.82) is 5.41 Å². The molecule has 92 valence electrons. The van der Waals surface area contributed by atoms with Gasteiger partial charge in [-0.05, 0) is 28.8 Å². The average molecular weight is 240 g/mol. The highest BCUT2D eigenvalue weighted by atomic mass is 16.1. The fraction of sp³-hybridized carbons (Fsp3) is 0.200. The quantitative estimate of drug-likeness (QED) is 0.490. The summed E-state index contributed by atoms with van der Waals surface area (Å²) in [5.41, 5.74) is 7.33. The first-order chi connectivity index (χ1) is 8.60. The van der Waals surface area contributed by atoms with Crippen LogP contribution in [0.3, 0.4) is 0 Å². The number of benzene rings is 2. The average Bonchev–Trinajstić information content (AvgIpc) is 2.37. The topological polar surface area (TPSA) is 66.9 Å². The predicted octanol–water partition coefficient (Wildman–Crippen LogP) is 2.50. The number of nitrogens with two attached hydrogens (primary N) is 1. The lowest BCUT2D eigenvalue weighted by atomic mass is 9.98. The maximum Gasteiger partial charge on any atom is 0.123 e. The van der Waals surface area contributed by atoms with E-state index in [1.165, 1.54) is 0 Å². The third kappa shape index (κ3) is 2.56. The van der Waals surface area contributed by atoms with Crippen molar-refractivity contribution in [1.82, 2.24) is 0 Å². The van der Waals surface area contributed by atoms with E-state index >= 15 is 0 Å². The summed E-state index contributed by atoms with van der Waals surface area (Å²) in [6, 6.07) is 11.8. The number of carbonyl (C=O) groups is 1. The molecule has 0 aliphatic rings. The van der Waals surface area contributed by atoms with Crippen LogP contribution < -0.4 is 5.73 Å². The summed E-state index contributed by atoms with van der Waals surface area (Å²) in [6.07, 6.45) is 1.71. The number of hydrogen-bond donors (Lipinski definition) is 2. The van der Waals surface area contributed by atoms with Crippen LogP contribution in [0, 0.1) is 11.3 Å². The summed E-state index contributed by atoms with van der Waals surface area (Å²) in [4.78, 5) is 10.7. The first-order valence-electron chi connectivity index (χ1n) is 5.92. The van der Waals surface area contributed by atoms with Crippen molar-refractivity contribution in [3.05, 3.63) is 47.5 Å². The van der Waals surface area contributed by atoms with E-state index in [0.29, 0.717) is 0 Å². The molecule has 3 N–H and O–H groups in total. The minimum atomic E-state index is 0.0263. The molecule has 3 nitrogen and oxygen atoms in total. The Morgan fingerprint density at radius 1 is 1.28 bits per heavy atom. The molecule has 2 aromatic rings. The van der Waals surface area contributed by atoms with Gasteiger partial charge in [0.05, 0.1) is 0 Å². The zero-order valence-corrected chi connectivity index (χ0v) is 10.3. The van der Waals surface area contributed by atoms with Crippen LogP contribution in [-0.4, -0.2) is 12.1 Å². The van der Waals surface area contributed by atoms with Crippen molar-refractivity contribution in [2.75, 3.05) is 0 Å². The Labute approximate surface area is 106 Å². The Hall–Kier alpha value is -2.16. The molecule has 0 aliphatic heterocycles. The van der Waals surface area contributed by atoms with Gasteiger partial charge in [-0.2, -0.15) is 0 Å². The first-order valence-corrected chi connectivity index (χ1v) is 5.92. The van der Waals surface area contributed by atoms with Gasteiger partial charge in [0.25, 0.3) is 0 Å². The van der Waals surface area contributed by atoms with E-state index in [4.69, 9.17) is 11.1 Å². The Kier molecular flexibility index (Phi) is 3.42. The van der Waals surface area contributed by atoms with Gasteiger partial charge in [-0.1, -0.05) is 37.3 Å². The maximum atomic E-state index is 10.7. The third-order valence-corrected chi connectivity index (χ3v) is 3.01. The lowest BCUT2D eigenvalue weighted by Crippen LogP contribution is -2.10. The van der Waals surface area contributed by atoms with Gasteiger partial charge in [-0.3, -0.25) is 5.41 Å². The number of carbonyl (C=O) groups excluding carboxylic acids is 1. The smallest absolute Gasteiger partial charge is 0.123 e. The van der Waals surface area contributed by atoms with E-state index in [1.807, 2.05) is 37.3 Å². The summed E-state index contributed by atoms with van der Waals surface area (Å²) < 4.78 is 0. The van der Waals surface area contributed by atoms with Crippen LogP contribution in [0.5, 0.6) is 0 Å². The summed E-state index contributed by atoms with van der Waals surface area (Å²) in [5, 5.41) is 9.61. The van der Waals surface area contributed by atoms with Gasteiger partial charge in [-0.15, -0.1) is 0 Å². The zero-order valence-electron chi connectivity index (χ0n) is 10.3. The first kappa shape index (κ1) is 12.3. The molecule has 18 heavy (non-hydrogen) atoms. The molecular formula is C15H16N2O. The van der Waals surface area contributed by atoms with Gasteiger partial charge in [0.2, 0.25) is 0 Å². The monoisotopic (exact) mass is 240 g/mol. The molecule has 0 saturated heterocycles. The normalized spacial score (nSPS) is 12.3. The van der Waals surface area contributed by atoms with Gasteiger partial charge >= 0.3 is 0 Å². The highest BCUT2D eigenvalue weighted by molar-refractivity contribution is 5.99. The summed E-state index contributed by atoms with van der Waals surface area (Å²) in [6.45, 7) is 1.91. The van der Waals surface area contributed by atoms with E-state index in [9.17, 15) is 4.79 Å². The van der Waals surface area contributed by atoms with Crippen LogP contribution in [-0.2, 0) is 11.2 Å². The van der Waals surface area contributed by atoms with Gasteiger partial charge in [0.1, 0.15) is 12.1 Å². The van der Waals surface area contributed by atoms with Crippen molar-refractivity contribution >= 4 is 22.9 Å². The van der Waals surface area contributed by atoms with Gasteiger partial charge < -0.3 is 10.5 Å². The molecule has 1 atom stereocenters. The van der Waals surface area contributed by atoms with E-state index in [1.54, 1.807) is 0 Å². The second-order valence-corrected chi connectivity index (χ2v) is 4.63. The number of nitrogens with one attached hydrogen (secondary N) is 1. The van der Waals surface area contributed by atoms with E-state index in [-0.39, 0.29) is 11.8 Å². The Morgan fingerprint density at radius 3 is 2.67 bits per heavy atom. The largest absolute Gasteiger partial charge is 0.384 e. The molecule has 0 amide bonds. The zero-order chi connectivity index (χ0) is 13.1. The van der Waals surface area contributed by atoms with Crippen LogP contribution in [0.1, 0.15) is 18.1 Å². The Bertz CT molecular complexity index is 604. The van der Waals surface area contributed by atoms with Crippen LogP contribution in [0.4, 0.5) is 0 Å². The Balaban J connectivity index is 2.42. The number of hydrogen-bond acceptors (Lipinski definition) is 2. The fourth-order valence-electron chi connectivity index (χ4n) is 2.01. The summed E-state index contributed by atoms with van der Waals surface area (Å²) in [5.74, 6) is 0.0991. The summed E-state index contributed by atoms with van der Waals surface area (Å²) >= 11 is 0. The van der Waals surface area contributed by atoms with Gasteiger partial charge in [0.15, 0.2) is 0 Å². The molecule has 0 saturated carbocycles. The minimum Gasteiger partial charge on any atom is -0.384 e. The number of amidine groups is 1. The summed E-state index contributed by atoms with van der Waals surface area (Å²) in [7, 11) is 0. The molecule has 2 rings (SSSR count). The van der Waals surface area contributed by atoms with Crippen molar-refractivity contribution < 1.29 is 4.79 Å². The molecule has 0 heterocycles. The van der Waals surface area contributed by atoms with E-state index in [2.05, 4.69) is 6.07 Å². The lowest BCUT2D eigenvalue weighted by molar-refractivity contribution is -0.110. The molecule has 1 unspecified atom stereocenters. The molecule has 2 aromatic carbocycles. The van der Waals surface area contributed by atoms with Crippen LogP contribution >= 0.6 is 0 Å². The Morgan fingerprint density at radius 2 is 2.00 bits per heavy atom. The molecular weight excluding hydrogens is 224 g/mol.